The number of aryl methyl sites for hydroxylation is 2. The zero-order valence-electron chi connectivity index (χ0n) is 18.5. The number of halogens is 1. The van der Waals surface area contributed by atoms with Crippen LogP contribution in [0.25, 0.3) is 0 Å². The molecule has 33 heavy (non-hydrogen) atoms. The molecule has 0 spiro atoms. The van der Waals surface area contributed by atoms with Gasteiger partial charge in [-0.3, -0.25) is 4.79 Å². The van der Waals surface area contributed by atoms with Crippen molar-refractivity contribution in [3.05, 3.63) is 88.2 Å². The van der Waals surface area contributed by atoms with Crippen LogP contribution in [0.4, 0.5) is 15.8 Å². The molecule has 0 aliphatic carbocycles. The number of benzene rings is 3. The molecular weight excluding hydrogens is 445 g/mol. The van der Waals surface area contributed by atoms with E-state index in [4.69, 9.17) is 9.47 Å². The van der Waals surface area contributed by atoms with Gasteiger partial charge in [-0.1, -0.05) is 6.07 Å². The number of ketones is 1. The van der Waals surface area contributed by atoms with E-state index in [-0.39, 0.29) is 16.1 Å². The zero-order valence-corrected chi connectivity index (χ0v) is 19.4. The molecule has 0 saturated carbocycles. The van der Waals surface area contributed by atoms with Gasteiger partial charge >= 0.3 is 0 Å². The van der Waals surface area contributed by atoms with Crippen molar-refractivity contribution >= 4 is 27.0 Å². The summed E-state index contributed by atoms with van der Waals surface area (Å²) < 4.78 is 51.4. The maximum atomic E-state index is 14.1. The maximum absolute atomic E-state index is 14.1. The molecule has 3 aromatic carbocycles. The smallest absolute Gasteiger partial charge is 0.214 e. The Labute approximate surface area is 191 Å². The summed E-state index contributed by atoms with van der Waals surface area (Å²) in [5.74, 6) is -0.584. The van der Waals surface area contributed by atoms with E-state index in [2.05, 4.69) is 0 Å². The van der Waals surface area contributed by atoms with Crippen molar-refractivity contribution in [3.63, 3.8) is 0 Å². The van der Waals surface area contributed by atoms with E-state index in [1.165, 1.54) is 49.6 Å². The van der Waals surface area contributed by atoms with Gasteiger partial charge in [-0.05, 0) is 73.5 Å². The summed E-state index contributed by atoms with van der Waals surface area (Å²) in [5, 5.41) is 0. The van der Waals surface area contributed by atoms with Crippen LogP contribution in [0.3, 0.4) is 0 Å². The molecule has 0 unspecified atom stereocenters. The van der Waals surface area contributed by atoms with Gasteiger partial charge < -0.3 is 14.4 Å². The van der Waals surface area contributed by atoms with Gasteiger partial charge in [0.1, 0.15) is 10.7 Å². The van der Waals surface area contributed by atoms with Gasteiger partial charge in [0.2, 0.25) is 15.6 Å². The molecule has 6 nitrogen and oxygen atoms in total. The number of carbonyl (C=O) groups excluding carboxylic acids is 1. The molecule has 0 atom stereocenters. The monoisotopic (exact) mass is 467 g/mol. The number of methoxy groups -OCH3 is 2. The highest BCUT2D eigenvalue weighted by molar-refractivity contribution is 7.96. The second-order valence-electron chi connectivity index (χ2n) is 7.72. The maximum Gasteiger partial charge on any atom is 0.214 e. The zero-order chi connectivity index (χ0) is 23.9. The van der Waals surface area contributed by atoms with Gasteiger partial charge in [-0.2, -0.15) is 0 Å². The van der Waals surface area contributed by atoms with E-state index in [0.717, 1.165) is 23.3 Å². The van der Waals surface area contributed by atoms with Crippen LogP contribution >= 0.6 is 0 Å². The summed E-state index contributed by atoms with van der Waals surface area (Å²) in [6, 6.07) is 13.5. The van der Waals surface area contributed by atoms with E-state index in [1.807, 2.05) is 32.0 Å². The molecule has 1 aliphatic rings. The van der Waals surface area contributed by atoms with E-state index < -0.39 is 26.3 Å². The fourth-order valence-electron chi connectivity index (χ4n) is 3.88. The minimum absolute atomic E-state index is 0.119. The third-order valence-corrected chi connectivity index (χ3v) is 7.15. The summed E-state index contributed by atoms with van der Waals surface area (Å²) in [6.45, 7) is 3.81. The Balaban J connectivity index is 1.93. The third kappa shape index (κ3) is 3.98. The Hall–Kier alpha value is -3.65. The number of carbonyl (C=O) groups is 1. The molecule has 1 heterocycles. The van der Waals surface area contributed by atoms with Gasteiger partial charge in [-0.25, -0.2) is 12.8 Å². The summed E-state index contributed by atoms with van der Waals surface area (Å²) in [7, 11) is -1.32. The fraction of sp³-hybridized carbons (Fsp3) is 0.160. The number of Topliss-reactive ketones (excluding diaryl/α,β-unsaturated/α-hetero) is 1. The lowest BCUT2D eigenvalue weighted by Crippen LogP contribution is -2.26. The number of nitrogens with zero attached hydrogens (tertiary/aromatic N) is 1. The topological polar surface area (TPSA) is 72.9 Å². The molecule has 0 saturated heterocycles. The minimum atomic E-state index is -4.21. The Morgan fingerprint density at radius 1 is 0.879 bits per heavy atom. The van der Waals surface area contributed by atoms with Crippen molar-refractivity contribution in [2.24, 2.45) is 0 Å². The Kier molecular flexibility index (Phi) is 5.71. The Morgan fingerprint density at radius 3 is 2.18 bits per heavy atom. The predicted molar refractivity (Wildman–Crippen MR) is 124 cm³/mol. The third-order valence-electron chi connectivity index (χ3n) is 5.36. The molecule has 0 fully saturated rings. The molecule has 0 bridgehead atoms. The van der Waals surface area contributed by atoms with Crippen molar-refractivity contribution in [1.82, 2.24) is 0 Å². The molecule has 0 aromatic heterocycles. The molecule has 0 amide bonds. The standard InChI is InChI=1S/C25H22FNO5S/c1-15-9-16(2)11-19(10-15)27-14-24(33(29,30)23-8-6-18(26)13-20(23)27)25(28)17-5-7-21(31-3)22(12-17)32-4/h5-14H,1-4H3. The quantitative estimate of drug-likeness (QED) is 0.384. The van der Waals surface area contributed by atoms with Gasteiger partial charge in [-0.15, -0.1) is 0 Å². The number of ether oxygens (including phenoxy) is 2. The largest absolute Gasteiger partial charge is 0.493 e. The van der Waals surface area contributed by atoms with Crippen molar-refractivity contribution in [2.45, 2.75) is 18.7 Å². The molecule has 4 rings (SSSR count). The predicted octanol–water partition coefficient (Wildman–Crippen LogP) is 5.11. The van der Waals surface area contributed by atoms with Crippen LogP contribution in [0.1, 0.15) is 21.5 Å². The second kappa shape index (κ2) is 8.37. The lowest BCUT2D eigenvalue weighted by atomic mass is 10.1. The molecule has 0 N–H and O–H groups in total. The summed E-state index contributed by atoms with van der Waals surface area (Å²) in [4.78, 5) is 14.4. The van der Waals surface area contributed by atoms with Crippen molar-refractivity contribution in [3.8, 4) is 11.5 Å². The Bertz CT molecular complexity index is 1390. The van der Waals surface area contributed by atoms with Gasteiger partial charge in [0.05, 0.1) is 24.8 Å². The number of anilines is 2. The van der Waals surface area contributed by atoms with Gasteiger partial charge in [0.25, 0.3) is 0 Å². The van der Waals surface area contributed by atoms with Crippen molar-refractivity contribution < 1.29 is 27.1 Å². The summed E-state index contributed by atoms with van der Waals surface area (Å²) in [6.07, 6.45) is 1.25. The number of fused-ring (bicyclic) bond motifs is 1. The fourth-order valence-corrected chi connectivity index (χ4v) is 5.41. The number of sulfone groups is 1. The van der Waals surface area contributed by atoms with Crippen LogP contribution in [0, 0.1) is 19.7 Å². The van der Waals surface area contributed by atoms with Crippen LogP contribution in [0.2, 0.25) is 0 Å². The Morgan fingerprint density at radius 2 is 1.55 bits per heavy atom. The van der Waals surface area contributed by atoms with Gasteiger partial charge in [0.15, 0.2) is 11.5 Å². The lowest BCUT2D eigenvalue weighted by molar-refractivity contribution is 0.104. The molecule has 0 radical (unpaired) electrons. The first kappa shape index (κ1) is 22.5. The van der Waals surface area contributed by atoms with E-state index in [1.54, 1.807) is 0 Å². The second-order valence-corrected chi connectivity index (χ2v) is 9.61. The van der Waals surface area contributed by atoms with Crippen LogP contribution in [0.5, 0.6) is 11.5 Å². The van der Waals surface area contributed by atoms with Crippen LogP contribution in [0.15, 0.2) is 70.6 Å². The van der Waals surface area contributed by atoms with Crippen molar-refractivity contribution in [2.75, 3.05) is 19.1 Å². The number of hydrogen-bond acceptors (Lipinski definition) is 6. The molecule has 3 aromatic rings. The first-order valence-corrected chi connectivity index (χ1v) is 11.5. The SMILES string of the molecule is COc1ccc(C(=O)C2=CN(c3cc(C)cc(C)c3)c3cc(F)ccc3S2(=O)=O)cc1OC. The highest BCUT2D eigenvalue weighted by Crippen LogP contribution is 2.41. The molecule has 8 heteroatoms. The average Bonchev–Trinajstić information content (AvgIpc) is 2.77. The highest BCUT2D eigenvalue weighted by atomic mass is 32.2. The first-order chi connectivity index (χ1) is 15.6. The van der Waals surface area contributed by atoms with Crippen LogP contribution in [-0.2, 0) is 9.84 Å². The molecule has 1 aliphatic heterocycles. The summed E-state index contributed by atoms with van der Waals surface area (Å²) >= 11 is 0. The number of rotatable bonds is 5. The van der Waals surface area contributed by atoms with E-state index in [0.29, 0.717) is 17.2 Å². The molecule has 170 valence electrons. The molecular formula is C25H22FNO5S. The average molecular weight is 468 g/mol. The van der Waals surface area contributed by atoms with Gasteiger partial charge in [0, 0.05) is 17.5 Å². The number of allylic oxidation sites excluding steroid dienone is 1. The van der Waals surface area contributed by atoms with Crippen LogP contribution < -0.4 is 14.4 Å². The normalized spacial score (nSPS) is 14.3. The number of hydrogen-bond donors (Lipinski definition) is 0. The summed E-state index contributed by atoms with van der Waals surface area (Å²) in [5.41, 5.74) is 2.76. The van der Waals surface area contributed by atoms with Crippen LogP contribution in [-0.4, -0.2) is 28.4 Å². The highest BCUT2D eigenvalue weighted by Gasteiger charge is 2.36. The van der Waals surface area contributed by atoms with Crippen molar-refractivity contribution in [1.29, 1.82) is 0 Å². The lowest BCUT2D eigenvalue weighted by Gasteiger charge is -2.29. The first-order valence-electron chi connectivity index (χ1n) is 10.1. The minimum Gasteiger partial charge on any atom is -0.493 e. The van der Waals surface area contributed by atoms with E-state index in [9.17, 15) is 17.6 Å². The van der Waals surface area contributed by atoms with E-state index >= 15 is 0 Å².